The SMILES string of the molecule is C[C@@H]1CN(C(=O)C(C)(C)c2ccc3c(c2)OCCO3)C[C@H]1C(N)=O. The van der Waals surface area contributed by atoms with Crippen LogP contribution in [0, 0.1) is 11.8 Å². The second-order valence-corrected chi connectivity index (χ2v) is 7.18. The van der Waals surface area contributed by atoms with Crippen LogP contribution in [0.25, 0.3) is 0 Å². The maximum atomic E-state index is 13.1. The molecule has 0 spiro atoms. The number of hydrogen-bond acceptors (Lipinski definition) is 4. The molecule has 2 N–H and O–H groups in total. The number of ether oxygens (including phenoxy) is 2. The molecule has 0 saturated carbocycles. The Hall–Kier alpha value is -2.24. The van der Waals surface area contributed by atoms with Gasteiger partial charge in [0.1, 0.15) is 13.2 Å². The van der Waals surface area contributed by atoms with Crippen molar-refractivity contribution in [1.29, 1.82) is 0 Å². The van der Waals surface area contributed by atoms with Gasteiger partial charge in [0.15, 0.2) is 11.5 Å². The van der Waals surface area contributed by atoms with Gasteiger partial charge in [-0.25, -0.2) is 0 Å². The van der Waals surface area contributed by atoms with E-state index in [-0.39, 0.29) is 23.7 Å². The summed E-state index contributed by atoms with van der Waals surface area (Å²) in [6, 6.07) is 5.62. The fraction of sp³-hybridized carbons (Fsp3) is 0.556. The van der Waals surface area contributed by atoms with Crippen molar-refractivity contribution in [1.82, 2.24) is 4.90 Å². The molecule has 1 fully saturated rings. The lowest BCUT2D eigenvalue weighted by Crippen LogP contribution is -2.43. The van der Waals surface area contributed by atoms with Crippen molar-refractivity contribution >= 4 is 11.8 Å². The summed E-state index contributed by atoms with van der Waals surface area (Å²) in [4.78, 5) is 26.3. The van der Waals surface area contributed by atoms with Gasteiger partial charge < -0.3 is 20.1 Å². The first-order valence-corrected chi connectivity index (χ1v) is 8.29. The predicted molar refractivity (Wildman–Crippen MR) is 88.9 cm³/mol. The second-order valence-electron chi connectivity index (χ2n) is 7.18. The van der Waals surface area contributed by atoms with E-state index in [1.165, 1.54) is 0 Å². The van der Waals surface area contributed by atoms with Crippen LogP contribution >= 0.6 is 0 Å². The zero-order valence-corrected chi connectivity index (χ0v) is 14.4. The number of rotatable bonds is 3. The first kappa shape index (κ1) is 16.6. The molecule has 2 aliphatic heterocycles. The van der Waals surface area contributed by atoms with E-state index in [4.69, 9.17) is 15.2 Å². The summed E-state index contributed by atoms with van der Waals surface area (Å²) in [5.41, 5.74) is 5.59. The van der Waals surface area contributed by atoms with Gasteiger partial charge in [0, 0.05) is 13.1 Å². The highest BCUT2D eigenvalue weighted by Crippen LogP contribution is 2.37. The largest absolute Gasteiger partial charge is 0.486 e. The molecule has 6 heteroatoms. The summed E-state index contributed by atoms with van der Waals surface area (Å²) in [6.45, 7) is 7.74. The van der Waals surface area contributed by atoms with Crippen LogP contribution < -0.4 is 15.2 Å². The van der Waals surface area contributed by atoms with Crippen LogP contribution in [0.1, 0.15) is 26.3 Å². The third-order valence-corrected chi connectivity index (χ3v) is 5.06. The van der Waals surface area contributed by atoms with Crippen molar-refractivity contribution in [3.63, 3.8) is 0 Å². The van der Waals surface area contributed by atoms with Crippen LogP contribution in [0.4, 0.5) is 0 Å². The van der Waals surface area contributed by atoms with Crippen LogP contribution in [0.3, 0.4) is 0 Å². The Balaban J connectivity index is 1.82. The van der Waals surface area contributed by atoms with Crippen LogP contribution in [0.2, 0.25) is 0 Å². The first-order valence-electron chi connectivity index (χ1n) is 8.29. The molecule has 2 amide bonds. The van der Waals surface area contributed by atoms with Crippen LogP contribution in [-0.2, 0) is 15.0 Å². The van der Waals surface area contributed by atoms with Crippen molar-refractivity contribution in [2.24, 2.45) is 17.6 Å². The number of benzene rings is 1. The zero-order valence-electron chi connectivity index (χ0n) is 14.4. The highest BCUT2D eigenvalue weighted by molar-refractivity contribution is 5.89. The van der Waals surface area contributed by atoms with E-state index >= 15 is 0 Å². The van der Waals surface area contributed by atoms with E-state index in [1.54, 1.807) is 4.90 Å². The van der Waals surface area contributed by atoms with Gasteiger partial charge in [-0.3, -0.25) is 9.59 Å². The monoisotopic (exact) mass is 332 g/mol. The Kier molecular flexibility index (Phi) is 4.15. The van der Waals surface area contributed by atoms with Crippen LogP contribution in [0.15, 0.2) is 18.2 Å². The van der Waals surface area contributed by atoms with Crippen molar-refractivity contribution in [2.45, 2.75) is 26.2 Å². The number of primary amides is 1. The van der Waals surface area contributed by atoms with E-state index in [2.05, 4.69) is 0 Å². The van der Waals surface area contributed by atoms with Crippen molar-refractivity contribution in [3.8, 4) is 11.5 Å². The lowest BCUT2D eigenvalue weighted by molar-refractivity contribution is -0.135. The Bertz CT molecular complexity index is 671. The molecule has 0 radical (unpaired) electrons. The Morgan fingerprint density at radius 3 is 2.46 bits per heavy atom. The minimum Gasteiger partial charge on any atom is -0.486 e. The van der Waals surface area contributed by atoms with Crippen molar-refractivity contribution in [3.05, 3.63) is 23.8 Å². The average molecular weight is 332 g/mol. The van der Waals surface area contributed by atoms with E-state index in [9.17, 15) is 9.59 Å². The van der Waals surface area contributed by atoms with E-state index in [0.717, 1.165) is 5.56 Å². The van der Waals surface area contributed by atoms with Gasteiger partial charge in [-0.15, -0.1) is 0 Å². The van der Waals surface area contributed by atoms with Gasteiger partial charge in [-0.1, -0.05) is 13.0 Å². The van der Waals surface area contributed by atoms with Gasteiger partial charge >= 0.3 is 0 Å². The van der Waals surface area contributed by atoms with E-state index in [0.29, 0.717) is 37.8 Å². The number of carbonyl (C=O) groups is 2. The number of amides is 2. The van der Waals surface area contributed by atoms with Gasteiger partial charge in [-0.05, 0) is 37.5 Å². The van der Waals surface area contributed by atoms with Crippen molar-refractivity contribution < 1.29 is 19.1 Å². The smallest absolute Gasteiger partial charge is 0.232 e. The molecule has 2 atom stereocenters. The first-order chi connectivity index (χ1) is 11.3. The highest BCUT2D eigenvalue weighted by atomic mass is 16.6. The summed E-state index contributed by atoms with van der Waals surface area (Å²) in [7, 11) is 0. The number of hydrogen-bond donors (Lipinski definition) is 1. The molecule has 2 aliphatic rings. The normalized spacial score (nSPS) is 23.2. The summed E-state index contributed by atoms with van der Waals surface area (Å²) in [6.07, 6.45) is 0. The summed E-state index contributed by atoms with van der Waals surface area (Å²) in [5, 5.41) is 0. The third-order valence-electron chi connectivity index (χ3n) is 5.06. The Morgan fingerprint density at radius 2 is 1.83 bits per heavy atom. The number of fused-ring (bicyclic) bond motifs is 1. The number of nitrogens with zero attached hydrogens (tertiary/aromatic N) is 1. The molecular weight excluding hydrogens is 308 g/mol. The summed E-state index contributed by atoms with van der Waals surface area (Å²) < 4.78 is 11.2. The Labute approximate surface area is 141 Å². The molecule has 0 aromatic heterocycles. The Morgan fingerprint density at radius 1 is 1.17 bits per heavy atom. The molecule has 1 aromatic carbocycles. The van der Waals surface area contributed by atoms with Gasteiger partial charge in [0.25, 0.3) is 0 Å². The maximum absolute atomic E-state index is 13.1. The molecule has 130 valence electrons. The highest BCUT2D eigenvalue weighted by Gasteiger charge is 2.41. The molecule has 24 heavy (non-hydrogen) atoms. The molecule has 2 heterocycles. The quantitative estimate of drug-likeness (QED) is 0.905. The molecule has 0 bridgehead atoms. The summed E-state index contributed by atoms with van der Waals surface area (Å²) >= 11 is 0. The molecule has 0 unspecified atom stereocenters. The molecule has 1 aromatic rings. The predicted octanol–water partition coefficient (Wildman–Crippen LogP) is 1.32. The van der Waals surface area contributed by atoms with Crippen LogP contribution in [0.5, 0.6) is 11.5 Å². The molecule has 3 rings (SSSR count). The van der Waals surface area contributed by atoms with Crippen molar-refractivity contribution in [2.75, 3.05) is 26.3 Å². The topological polar surface area (TPSA) is 81.9 Å². The zero-order chi connectivity index (χ0) is 17.5. The summed E-state index contributed by atoms with van der Waals surface area (Å²) in [5.74, 6) is 0.846. The fourth-order valence-corrected chi connectivity index (χ4v) is 3.45. The average Bonchev–Trinajstić information content (AvgIpc) is 2.95. The molecular formula is C18H24N2O4. The molecule has 1 saturated heterocycles. The lowest BCUT2D eigenvalue weighted by atomic mass is 9.83. The fourth-order valence-electron chi connectivity index (χ4n) is 3.45. The maximum Gasteiger partial charge on any atom is 0.232 e. The minimum absolute atomic E-state index is 0.00484. The third kappa shape index (κ3) is 2.81. The van der Waals surface area contributed by atoms with Gasteiger partial charge in [-0.2, -0.15) is 0 Å². The number of nitrogens with two attached hydrogens (primary N) is 1. The van der Waals surface area contributed by atoms with Gasteiger partial charge in [0.05, 0.1) is 11.3 Å². The number of carbonyl (C=O) groups excluding carboxylic acids is 2. The standard InChI is InChI=1S/C18H24N2O4/c1-11-9-20(10-13(11)16(19)21)17(22)18(2,3)12-4-5-14-15(8-12)24-7-6-23-14/h4-5,8,11,13H,6-7,9-10H2,1-3H3,(H2,19,21)/t11-,13-/m1/s1. The molecule has 6 nitrogen and oxygen atoms in total. The van der Waals surface area contributed by atoms with E-state index in [1.807, 2.05) is 39.0 Å². The number of likely N-dealkylation sites (tertiary alicyclic amines) is 1. The minimum atomic E-state index is -0.720. The lowest BCUT2D eigenvalue weighted by Gasteiger charge is -2.31. The van der Waals surface area contributed by atoms with E-state index < -0.39 is 5.41 Å². The van der Waals surface area contributed by atoms with Gasteiger partial charge in [0.2, 0.25) is 11.8 Å². The second kappa shape index (κ2) is 6.00. The molecule has 0 aliphatic carbocycles. The van der Waals surface area contributed by atoms with Crippen LogP contribution in [-0.4, -0.2) is 43.0 Å².